The van der Waals surface area contributed by atoms with E-state index in [0.29, 0.717) is 12.0 Å². The smallest absolute Gasteiger partial charge is 0.0702 e. The van der Waals surface area contributed by atoms with E-state index in [2.05, 4.69) is 25.7 Å². The summed E-state index contributed by atoms with van der Waals surface area (Å²) >= 11 is 0. The van der Waals surface area contributed by atoms with E-state index in [4.69, 9.17) is 10.5 Å². The van der Waals surface area contributed by atoms with Gasteiger partial charge in [-0.2, -0.15) is 0 Å². The Bertz CT molecular complexity index is 297. The van der Waals surface area contributed by atoms with Crippen molar-refractivity contribution in [1.29, 1.82) is 0 Å². The Morgan fingerprint density at radius 1 is 1.30 bits per heavy atom. The zero-order valence-corrected chi connectivity index (χ0v) is 13.7. The Labute approximate surface area is 125 Å². The standard InChI is InChI=1S/C17H34N2O/c1-4-10-20-16-6-5-9-19(12-16)17(13-18)8-7-14(2)11-15(17)3/h14-16H,4-13,18H2,1-3H3. The van der Waals surface area contributed by atoms with Gasteiger partial charge in [0.1, 0.15) is 0 Å². The maximum absolute atomic E-state index is 6.27. The van der Waals surface area contributed by atoms with Crippen molar-refractivity contribution in [3.63, 3.8) is 0 Å². The van der Waals surface area contributed by atoms with E-state index in [1.54, 1.807) is 0 Å². The number of rotatable bonds is 5. The summed E-state index contributed by atoms with van der Waals surface area (Å²) < 4.78 is 6.02. The molecular formula is C17H34N2O. The third kappa shape index (κ3) is 3.37. The average Bonchev–Trinajstić information content (AvgIpc) is 2.46. The van der Waals surface area contributed by atoms with Crippen molar-refractivity contribution in [2.24, 2.45) is 17.6 Å². The Morgan fingerprint density at radius 2 is 2.10 bits per heavy atom. The fourth-order valence-electron chi connectivity index (χ4n) is 4.35. The number of piperidine rings is 1. The number of likely N-dealkylation sites (tertiary alicyclic amines) is 1. The highest BCUT2D eigenvalue weighted by Gasteiger charge is 2.45. The normalized spacial score (nSPS) is 39.9. The largest absolute Gasteiger partial charge is 0.377 e. The van der Waals surface area contributed by atoms with Crippen molar-refractivity contribution in [3.8, 4) is 0 Å². The third-order valence-electron chi connectivity index (χ3n) is 5.66. The predicted octanol–water partition coefficient (Wildman–Crippen LogP) is 3.03. The quantitative estimate of drug-likeness (QED) is 0.842. The third-order valence-corrected chi connectivity index (χ3v) is 5.66. The summed E-state index contributed by atoms with van der Waals surface area (Å²) in [6, 6.07) is 0. The minimum atomic E-state index is 0.237. The van der Waals surface area contributed by atoms with Gasteiger partial charge >= 0.3 is 0 Å². The molecule has 2 aliphatic rings. The number of hydrogen-bond donors (Lipinski definition) is 1. The molecule has 1 saturated heterocycles. The summed E-state index contributed by atoms with van der Waals surface area (Å²) in [6.07, 6.45) is 7.96. The van der Waals surface area contributed by atoms with Crippen LogP contribution in [0.3, 0.4) is 0 Å². The maximum Gasteiger partial charge on any atom is 0.0702 e. The molecule has 0 aromatic heterocycles. The van der Waals surface area contributed by atoms with E-state index in [1.165, 1.54) is 38.6 Å². The molecule has 1 aliphatic carbocycles. The molecule has 4 atom stereocenters. The summed E-state index contributed by atoms with van der Waals surface area (Å²) in [5.74, 6) is 1.57. The first-order chi connectivity index (χ1) is 9.62. The minimum Gasteiger partial charge on any atom is -0.377 e. The van der Waals surface area contributed by atoms with E-state index < -0.39 is 0 Å². The fraction of sp³-hybridized carbons (Fsp3) is 1.00. The lowest BCUT2D eigenvalue weighted by atomic mass is 9.68. The molecule has 2 fully saturated rings. The van der Waals surface area contributed by atoms with Gasteiger partial charge in [0, 0.05) is 25.2 Å². The van der Waals surface area contributed by atoms with Gasteiger partial charge in [0.2, 0.25) is 0 Å². The van der Waals surface area contributed by atoms with Crippen LogP contribution in [0.25, 0.3) is 0 Å². The minimum absolute atomic E-state index is 0.237. The molecule has 1 heterocycles. The van der Waals surface area contributed by atoms with Crippen LogP contribution in [0.5, 0.6) is 0 Å². The molecule has 3 heteroatoms. The van der Waals surface area contributed by atoms with Gasteiger partial charge in [-0.25, -0.2) is 0 Å². The van der Waals surface area contributed by atoms with Crippen LogP contribution in [0.1, 0.15) is 59.3 Å². The second-order valence-corrected chi connectivity index (χ2v) is 7.17. The lowest BCUT2D eigenvalue weighted by Gasteiger charge is -2.53. The van der Waals surface area contributed by atoms with E-state index >= 15 is 0 Å². The molecule has 0 spiro atoms. The lowest BCUT2D eigenvalue weighted by molar-refractivity contribution is -0.0683. The van der Waals surface area contributed by atoms with E-state index in [1.807, 2.05) is 0 Å². The Hall–Kier alpha value is -0.120. The van der Waals surface area contributed by atoms with Crippen molar-refractivity contribution in [3.05, 3.63) is 0 Å². The molecule has 1 aliphatic heterocycles. The zero-order valence-electron chi connectivity index (χ0n) is 13.7. The Kier molecular flexibility index (Phi) is 5.88. The molecule has 2 N–H and O–H groups in total. The first-order valence-corrected chi connectivity index (χ1v) is 8.69. The SMILES string of the molecule is CCCOC1CCCN(C2(CN)CCC(C)CC2C)C1. The zero-order chi connectivity index (χ0) is 14.6. The summed E-state index contributed by atoms with van der Waals surface area (Å²) in [6.45, 7) is 11.0. The molecular weight excluding hydrogens is 248 g/mol. The molecule has 2 rings (SSSR count). The molecule has 0 bridgehead atoms. The van der Waals surface area contributed by atoms with Crippen molar-refractivity contribution in [1.82, 2.24) is 4.90 Å². The summed E-state index contributed by atoms with van der Waals surface area (Å²) in [4.78, 5) is 2.69. The highest BCUT2D eigenvalue weighted by molar-refractivity contribution is 5.01. The van der Waals surface area contributed by atoms with Gasteiger partial charge in [-0.05, 0) is 56.9 Å². The van der Waals surface area contributed by atoms with Crippen molar-refractivity contribution in [2.75, 3.05) is 26.2 Å². The fourth-order valence-corrected chi connectivity index (χ4v) is 4.35. The number of nitrogens with zero attached hydrogens (tertiary/aromatic N) is 1. The van der Waals surface area contributed by atoms with Gasteiger partial charge in [-0.15, -0.1) is 0 Å². The molecule has 0 aromatic rings. The van der Waals surface area contributed by atoms with E-state index in [0.717, 1.165) is 32.0 Å². The summed E-state index contributed by atoms with van der Waals surface area (Å²) in [7, 11) is 0. The number of nitrogens with two attached hydrogens (primary N) is 1. The molecule has 20 heavy (non-hydrogen) atoms. The monoisotopic (exact) mass is 282 g/mol. The first kappa shape index (κ1) is 16.3. The molecule has 0 aromatic carbocycles. The second-order valence-electron chi connectivity index (χ2n) is 7.17. The second kappa shape index (κ2) is 7.24. The number of hydrogen-bond acceptors (Lipinski definition) is 3. The van der Waals surface area contributed by atoms with Gasteiger partial charge in [0.05, 0.1) is 6.10 Å². The number of ether oxygens (including phenoxy) is 1. The van der Waals surface area contributed by atoms with Crippen LogP contribution in [-0.4, -0.2) is 42.8 Å². The van der Waals surface area contributed by atoms with Gasteiger partial charge < -0.3 is 10.5 Å². The van der Waals surface area contributed by atoms with Crippen LogP contribution in [0.4, 0.5) is 0 Å². The summed E-state index contributed by atoms with van der Waals surface area (Å²) in [5, 5.41) is 0. The van der Waals surface area contributed by atoms with E-state index in [9.17, 15) is 0 Å². The van der Waals surface area contributed by atoms with Gasteiger partial charge in [0.15, 0.2) is 0 Å². The first-order valence-electron chi connectivity index (χ1n) is 8.69. The Balaban J connectivity index is 2.02. The van der Waals surface area contributed by atoms with Crippen molar-refractivity contribution < 1.29 is 4.74 Å². The van der Waals surface area contributed by atoms with Crippen LogP contribution in [0.2, 0.25) is 0 Å². The van der Waals surface area contributed by atoms with Crippen LogP contribution in [0, 0.1) is 11.8 Å². The molecule has 118 valence electrons. The highest BCUT2D eigenvalue weighted by atomic mass is 16.5. The highest BCUT2D eigenvalue weighted by Crippen LogP contribution is 2.41. The molecule has 4 unspecified atom stereocenters. The molecule has 1 saturated carbocycles. The van der Waals surface area contributed by atoms with Crippen LogP contribution >= 0.6 is 0 Å². The maximum atomic E-state index is 6.27. The lowest BCUT2D eigenvalue weighted by Crippen LogP contribution is -2.63. The molecule has 3 nitrogen and oxygen atoms in total. The molecule has 0 amide bonds. The van der Waals surface area contributed by atoms with Crippen LogP contribution < -0.4 is 5.73 Å². The van der Waals surface area contributed by atoms with Crippen LogP contribution in [-0.2, 0) is 4.74 Å². The van der Waals surface area contributed by atoms with Crippen LogP contribution in [0.15, 0.2) is 0 Å². The van der Waals surface area contributed by atoms with Gasteiger partial charge in [-0.3, -0.25) is 4.90 Å². The van der Waals surface area contributed by atoms with Gasteiger partial charge in [0.25, 0.3) is 0 Å². The molecule has 0 radical (unpaired) electrons. The van der Waals surface area contributed by atoms with Crippen molar-refractivity contribution in [2.45, 2.75) is 70.9 Å². The average molecular weight is 282 g/mol. The van der Waals surface area contributed by atoms with E-state index in [-0.39, 0.29) is 5.54 Å². The topological polar surface area (TPSA) is 38.5 Å². The van der Waals surface area contributed by atoms with Crippen molar-refractivity contribution >= 4 is 0 Å². The predicted molar refractivity (Wildman–Crippen MR) is 84.8 cm³/mol. The van der Waals surface area contributed by atoms with Gasteiger partial charge in [-0.1, -0.05) is 20.8 Å². The summed E-state index contributed by atoms with van der Waals surface area (Å²) in [5.41, 5.74) is 6.50. The Morgan fingerprint density at radius 3 is 2.75 bits per heavy atom.